The second-order valence-electron chi connectivity index (χ2n) is 10.1. The van der Waals surface area contributed by atoms with Crippen molar-refractivity contribution < 1.29 is 18.7 Å². The Bertz CT molecular complexity index is 1050. The highest BCUT2D eigenvalue weighted by atomic mass is 19.1. The molecular formula is C24H32FN5O3. The highest BCUT2D eigenvalue weighted by Gasteiger charge is 2.52. The van der Waals surface area contributed by atoms with Crippen LogP contribution in [0.3, 0.4) is 0 Å². The Balaban J connectivity index is 1.42. The number of nitrogens with one attached hydrogen (secondary N) is 2. The molecule has 2 heterocycles. The molecule has 0 radical (unpaired) electrons. The third-order valence-corrected chi connectivity index (χ3v) is 6.40. The minimum absolute atomic E-state index is 0.00718. The van der Waals surface area contributed by atoms with Crippen molar-refractivity contribution in [3.63, 3.8) is 0 Å². The van der Waals surface area contributed by atoms with Gasteiger partial charge in [0.05, 0.1) is 18.1 Å². The van der Waals surface area contributed by atoms with Gasteiger partial charge in [0.15, 0.2) is 0 Å². The molecule has 2 aliphatic rings. The fourth-order valence-corrected chi connectivity index (χ4v) is 4.97. The topological polar surface area (TPSA) is 113 Å². The van der Waals surface area contributed by atoms with Crippen LogP contribution in [0.1, 0.15) is 51.2 Å². The summed E-state index contributed by atoms with van der Waals surface area (Å²) in [5, 5.41) is 9.63. The summed E-state index contributed by atoms with van der Waals surface area (Å²) in [5.41, 5.74) is 8.31. The number of carbonyl (C=O) groups is 2. The van der Waals surface area contributed by atoms with Crippen LogP contribution in [-0.2, 0) is 16.0 Å². The second kappa shape index (κ2) is 8.78. The smallest absolute Gasteiger partial charge is 0.411 e. The van der Waals surface area contributed by atoms with Gasteiger partial charge in [0.2, 0.25) is 5.91 Å². The van der Waals surface area contributed by atoms with E-state index in [1.807, 2.05) is 6.92 Å². The molecule has 33 heavy (non-hydrogen) atoms. The second-order valence-corrected chi connectivity index (χ2v) is 10.1. The molecule has 2 bridgehead atoms. The van der Waals surface area contributed by atoms with Crippen LogP contribution >= 0.6 is 0 Å². The van der Waals surface area contributed by atoms with E-state index in [9.17, 15) is 14.0 Å². The molecule has 1 saturated heterocycles. The van der Waals surface area contributed by atoms with Crippen LogP contribution in [0.25, 0.3) is 11.3 Å². The molecule has 4 rings (SSSR count). The molecule has 2 aromatic rings. The number of ether oxygens (including phenoxy) is 1. The van der Waals surface area contributed by atoms with Gasteiger partial charge in [-0.05, 0) is 70.1 Å². The van der Waals surface area contributed by atoms with Crippen molar-refractivity contribution in [1.29, 1.82) is 0 Å². The summed E-state index contributed by atoms with van der Waals surface area (Å²) in [6.07, 6.45) is 3.10. The normalized spacial score (nSPS) is 23.0. The van der Waals surface area contributed by atoms with E-state index in [0.29, 0.717) is 11.1 Å². The number of nitrogens with two attached hydrogens (primary N) is 1. The molecule has 4 atom stereocenters. The van der Waals surface area contributed by atoms with E-state index in [2.05, 4.69) is 15.5 Å². The molecule has 1 aromatic carbocycles. The van der Waals surface area contributed by atoms with Crippen molar-refractivity contribution in [2.75, 3.05) is 0 Å². The van der Waals surface area contributed by atoms with Gasteiger partial charge in [-0.2, -0.15) is 5.10 Å². The van der Waals surface area contributed by atoms with Crippen molar-refractivity contribution in [2.24, 2.45) is 11.7 Å². The number of amides is 2. The van der Waals surface area contributed by atoms with Crippen molar-refractivity contribution in [3.8, 4) is 11.3 Å². The van der Waals surface area contributed by atoms with Gasteiger partial charge in [0.25, 0.3) is 0 Å². The van der Waals surface area contributed by atoms with Crippen molar-refractivity contribution >= 4 is 12.0 Å². The molecule has 0 spiro atoms. The molecule has 2 fully saturated rings. The minimum atomic E-state index is -0.786. The largest absolute Gasteiger partial charge is 0.444 e. The van der Waals surface area contributed by atoms with Crippen molar-refractivity contribution in [2.45, 2.75) is 77.2 Å². The number of hydrogen-bond donors (Lipinski definition) is 3. The third kappa shape index (κ3) is 4.88. The number of rotatable bonds is 5. The monoisotopic (exact) mass is 457 g/mol. The van der Waals surface area contributed by atoms with E-state index in [4.69, 9.17) is 10.5 Å². The van der Waals surface area contributed by atoms with E-state index in [-0.39, 0.29) is 24.3 Å². The predicted octanol–water partition coefficient (Wildman–Crippen LogP) is 3.26. The average Bonchev–Trinajstić information content (AvgIpc) is 3.43. The zero-order valence-electron chi connectivity index (χ0n) is 19.5. The first kappa shape index (κ1) is 23.2. The highest BCUT2D eigenvalue weighted by Crippen LogP contribution is 2.43. The van der Waals surface area contributed by atoms with Crippen molar-refractivity contribution in [3.05, 3.63) is 41.3 Å². The number of H-pyrrole nitrogens is 1. The van der Waals surface area contributed by atoms with E-state index in [0.717, 1.165) is 30.5 Å². The number of aromatic amines is 1. The summed E-state index contributed by atoms with van der Waals surface area (Å²) < 4.78 is 20.3. The lowest BCUT2D eigenvalue weighted by molar-refractivity contribution is -0.128. The number of hydrogen-bond acceptors (Lipinski definition) is 5. The number of halogens is 1. The van der Waals surface area contributed by atoms with Gasteiger partial charge in [-0.3, -0.25) is 14.8 Å². The van der Waals surface area contributed by atoms with Gasteiger partial charge in [-0.15, -0.1) is 0 Å². The predicted molar refractivity (Wildman–Crippen MR) is 122 cm³/mol. The van der Waals surface area contributed by atoms with Crippen LogP contribution < -0.4 is 11.1 Å². The first-order valence-corrected chi connectivity index (χ1v) is 11.4. The first-order valence-electron chi connectivity index (χ1n) is 11.4. The molecule has 178 valence electrons. The van der Waals surface area contributed by atoms with E-state index < -0.39 is 29.7 Å². The Morgan fingerprint density at radius 2 is 2.12 bits per heavy atom. The van der Waals surface area contributed by atoms with Gasteiger partial charge >= 0.3 is 6.09 Å². The zero-order valence-corrected chi connectivity index (χ0v) is 19.5. The van der Waals surface area contributed by atoms with E-state index >= 15 is 0 Å². The Hall–Kier alpha value is -2.94. The lowest BCUT2D eigenvalue weighted by atomic mass is 9.97. The Morgan fingerprint density at radius 1 is 1.36 bits per heavy atom. The van der Waals surface area contributed by atoms with Gasteiger partial charge in [-0.25, -0.2) is 9.18 Å². The summed E-state index contributed by atoms with van der Waals surface area (Å²) in [5.74, 6) is -0.629. The van der Waals surface area contributed by atoms with Crippen LogP contribution in [0, 0.1) is 18.7 Å². The maximum atomic E-state index is 14.7. The molecule has 2 amide bonds. The maximum Gasteiger partial charge on any atom is 0.411 e. The number of likely N-dealkylation sites (tertiary alicyclic amines) is 1. The Labute approximate surface area is 193 Å². The standard InChI is InChI=1S/C24H32FN5O3/c1-13-12-27-29-20(13)15-6-5-14(18(25)10-15)11-19(26)28-22(31)21-16-7-8-17(9-16)30(21)23(32)33-24(2,3)4/h5-6,10,12,16-17,19,21H,7-9,11,26H2,1-4H3,(H,27,29)(H,28,31)/t16-,17+,19-,21-/m0/s1. The summed E-state index contributed by atoms with van der Waals surface area (Å²) in [7, 11) is 0. The van der Waals surface area contributed by atoms with Crippen LogP contribution in [0.5, 0.6) is 0 Å². The number of piperidine rings is 1. The van der Waals surface area contributed by atoms with E-state index in [1.165, 1.54) is 6.07 Å². The quantitative estimate of drug-likeness (QED) is 0.597. The van der Waals surface area contributed by atoms with E-state index in [1.54, 1.807) is 44.0 Å². The summed E-state index contributed by atoms with van der Waals surface area (Å²) in [6, 6.07) is 4.30. The minimum Gasteiger partial charge on any atom is -0.444 e. The Kier molecular flexibility index (Phi) is 6.18. The first-order chi connectivity index (χ1) is 15.5. The Morgan fingerprint density at radius 3 is 2.76 bits per heavy atom. The average molecular weight is 458 g/mol. The fourth-order valence-electron chi connectivity index (χ4n) is 4.97. The van der Waals surface area contributed by atoms with Crippen LogP contribution in [0.4, 0.5) is 9.18 Å². The maximum absolute atomic E-state index is 14.7. The van der Waals surface area contributed by atoms with Crippen LogP contribution in [0.2, 0.25) is 0 Å². The van der Waals surface area contributed by atoms with Crippen LogP contribution in [0.15, 0.2) is 24.4 Å². The SMILES string of the molecule is Cc1cn[nH]c1-c1ccc(C[C@@H](N)NC(=O)[C@@H]2[C@H]3CC[C@H](C3)N2C(=O)OC(C)(C)C)c(F)c1. The van der Waals surface area contributed by atoms with Gasteiger partial charge in [0, 0.05) is 18.0 Å². The number of aryl methyl sites for hydroxylation is 1. The lowest BCUT2D eigenvalue weighted by Crippen LogP contribution is -2.57. The number of aromatic nitrogens is 2. The molecule has 1 aromatic heterocycles. The molecule has 0 unspecified atom stereocenters. The molecule has 8 nitrogen and oxygen atoms in total. The van der Waals surface area contributed by atoms with Gasteiger partial charge < -0.3 is 15.8 Å². The number of fused-ring (bicyclic) bond motifs is 2. The molecule has 1 saturated carbocycles. The van der Waals surface area contributed by atoms with Gasteiger partial charge in [0.1, 0.15) is 17.5 Å². The molecular weight excluding hydrogens is 425 g/mol. The van der Waals surface area contributed by atoms with Crippen molar-refractivity contribution in [1.82, 2.24) is 20.4 Å². The molecule has 1 aliphatic carbocycles. The lowest BCUT2D eigenvalue weighted by Gasteiger charge is -2.36. The van der Waals surface area contributed by atoms with Gasteiger partial charge in [-0.1, -0.05) is 12.1 Å². The summed E-state index contributed by atoms with van der Waals surface area (Å²) in [4.78, 5) is 27.5. The molecule has 4 N–H and O–H groups in total. The summed E-state index contributed by atoms with van der Waals surface area (Å²) in [6.45, 7) is 7.30. The number of nitrogens with zero attached hydrogens (tertiary/aromatic N) is 2. The number of benzene rings is 1. The number of carbonyl (C=O) groups excluding carboxylic acids is 2. The summed E-state index contributed by atoms with van der Waals surface area (Å²) >= 11 is 0. The third-order valence-electron chi connectivity index (χ3n) is 6.40. The van der Waals surface area contributed by atoms with Crippen LogP contribution in [-0.4, -0.2) is 50.9 Å². The molecule has 9 heteroatoms. The fraction of sp³-hybridized carbons (Fsp3) is 0.542. The molecule has 1 aliphatic heterocycles. The zero-order chi connectivity index (χ0) is 23.9. The highest BCUT2D eigenvalue weighted by molar-refractivity contribution is 5.87.